The molecule has 0 amide bonds. The Labute approximate surface area is 134 Å². The number of rotatable bonds is 6. The van der Waals surface area contributed by atoms with E-state index in [0.29, 0.717) is 13.1 Å². The van der Waals surface area contributed by atoms with Crippen LogP contribution in [0.4, 0.5) is 13.2 Å². The number of hydrogen-bond donors (Lipinski definition) is 1. The van der Waals surface area contributed by atoms with Crippen molar-refractivity contribution in [2.45, 2.75) is 38.3 Å². The fraction of sp³-hybridized carbons (Fsp3) is 0.333. The summed E-state index contributed by atoms with van der Waals surface area (Å²) in [6.45, 7) is 2.08. The Hall–Kier alpha value is -1.85. The van der Waals surface area contributed by atoms with Crippen LogP contribution < -0.4 is 0 Å². The average molecular weight is 323 g/mol. The first-order valence-corrected chi connectivity index (χ1v) is 7.44. The lowest BCUT2D eigenvalue weighted by Crippen LogP contribution is -2.47. The summed E-state index contributed by atoms with van der Waals surface area (Å²) < 4.78 is 38.6. The first kappa shape index (κ1) is 17.5. The third-order valence-electron chi connectivity index (χ3n) is 3.83. The van der Waals surface area contributed by atoms with E-state index in [1.165, 1.54) is 6.92 Å². The molecule has 0 aliphatic heterocycles. The molecule has 2 nitrogen and oxygen atoms in total. The molecular weight excluding hydrogens is 303 g/mol. The number of benzene rings is 2. The van der Waals surface area contributed by atoms with Crippen LogP contribution in [0.15, 0.2) is 60.7 Å². The third kappa shape index (κ3) is 5.08. The Morgan fingerprint density at radius 3 is 1.61 bits per heavy atom. The molecule has 2 atom stereocenters. The van der Waals surface area contributed by atoms with Gasteiger partial charge in [0, 0.05) is 19.1 Å². The number of hydrogen-bond acceptors (Lipinski definition) is 2. The van der Waals surface area contributed by atoms with Gasteiger partial charge >= 0.3 is 6.18 Å². The zero-order chi connectivity index (χ0) is 16.9. The monoisotopic (exact) mass is 323 g/mol. The summed E-state index contributed by atoms with van der Waals surface area (Å²) in [7, 11) is 0. The Kier molecular flexibility index (Phi) is 5.80. The Morgan fingerprint density at radius 2 is 1.26 bits per heavy atom. The molecule has 23 heavy (non-hydrogen) atoms. The van der Waals surface area contributed by atoms with Crippen LogP contribution in [0.5, 0.6) is 0 Å². The van der Waals surface area contributed by atoms with E-state index in [9.17, 15) is 18.3 Å². The third-order valence-corrected chi connectivity index (χ3v) is 3.83. The second kappa shape index (κ2) is 7.62. The first-order valence-electron chi connectivity index (χ1n) is 7.44. The number of halogens is 3. The highest BCUT2D eigenvalue weighted by atomic mass is 19.4. The van der Waals surface area contributed by atoms with E-state index < -0.39 is 18.3 Å². The highest BCUT2D eigenvalue weighted by molar-refractivity contribution is 5.17. The van der Waals surface area contributed by atoms with Crippen LogP contribution in [0.25, 0.3) is 0 Å². The Balaban J connectivity index is 2.20. The fourth-order valence-corrected chi connectivity index (χ4v) is 2.45. The van der Waals surface area contributed by atoms with Gasteiger partial charge in [-0.25, -0.2) is 0 Å². The first-order chi connectivity index (χ1) is 10.9. The van der Waals surface area contributed by atoms with Gasteiger partial charge in [-0.3, -0.25) is 4.90 Å². The van der Waals surface area contributed by atoms with E-state index in [1.807, 2.05) is 60.7 Å². The lowest BCUT2D eigenvalue weighted by molar-refractivity contribution is -0.221. The van der Waals surface area contributed by atoms with Crippen molar-refractivity contribution in [3.63, 3.8) is 0 Å². The van der Waals surface area contributed by atoms with Crippen molar-refractivity contribution in [3.8, 4) is 0 Å². The molecule has 0 aromatic heterocycles. The SMILES string of the molecule is CC(C(O)C(F)(F)F)N(Cc1ccccc1)Cc1ccccc1. The van der Waals surface area contributed by atoms with Crippen LogP contribution in [-0.2, 0) is 13.1 Å². The molecule has 1 N–H and O–H groups in total. The van der Waals surface area contributed by atoms with E-state index in [2.05, 4.69) is 0 Å². The summed E-state index contributed by atoms with van der Waals surface area (Å²) in [5, 5.41) is 9.61. The topological polar surface area (TPSA) is 23.5 Å². The predicted molar refractivity (Wildman–Crippen MR) is 83.7 cm³/mol. The molecule has 2 aromatic carbocycles. The molecule has 0 bridgehead atoms. The van der Waals surface area contributed by atoms with Gasteiger partial charge in [-0.15, -0.1) is 0 Å². The molecule has 2 rings (SSSR count). The van der Waals surface area contributed by atoms with Crippen molar-refractivity contribution in [2.24, 2.45) is 0 Å². The van der Waals surface area contributed by atoms with Gasteiger partial charge < -0.3 is 5.11 Å². The number of alkyl halides is 3. The van der Waals surface area contributed by atoms with E-state index in [0.717, 1.165) is 11.1 Å². The van der Waals surface area contributed by atoms with Crippen molar-refractivity contribution in [1.82, 2.24) is 4.90 Å². The molecule has 5 heteroatoms. The van der Waals surface area contributed by atoms with E-state index in [1.54, 1.807) is 4.90 Å². The van der Waals surface area contributed by atoms with Gasteiger partial charge in [0.25, 0.3) is 0 Å². The number of aliphatic hydroxyl groups is 1. The second-order valence-corrected chi connectivity index (χ2v) is 5.60. The highest BCUT2D eigenvalue weighted by Crippen LogP contribution is 2.26. The van der Waals surface area contributed by atoms with Crippen molar-refractivity contribution in [2.75, 3.05) is 0 Å². The molecule has 0 fully saturated rings. The summed E-state index contributed by atoms with van der Waals surface area (Å²) in [4.78, 5) is 1.64. The van der Waals surface area contributed by atoms with Crippen LogP contribution in [0, 0.1) is 0 Å². The Morgan fingerprint density at radius 1 is 0.870 bits per heavy atom. The minimum atomic E-state index is -4.63. The molecule has 0 spiro atoms. The fourth-order valence-electron chi connectivity index (χ4n) is 2.45. The maximum absolute atomic E-state index is 12.9. The number of nitrogens with zero attached hydrogens (tertiary/aromatic N) is 1. The van der Waals surface area contributed by atoms with Gasteiger partial charge in [0.2, 0.25) is 0 Å². The van der Waals surface area contributed by atoms with Crippen LogP contribution in [0.1, 0.15) is 18.1 Å². The number of aliphatic hydroxyl groups excluding tert-OH is 1. The molecule has 0 saturated carbocycles. The molecule has 124 valence electrons. The Bertz CT molecular complexity index is 545. The summed E-state index contributed by atoms with van der Waals surface area (Å²) in [5.41, 5.74) is 1.81. The van der Waals surface area contributed by atoms with Gasteiger partial charge in [0.15, 0.2) is 6.10 Å². The second-order valence-electron chi connectivity index (χ2n) is 5.60. The van der Waals surface area contributed by atoms with Crippen molar-refractivity contribution in [1.29, 1.82) is 0 Å². The summed E-state index contributed by atoms with van der Waals surface area (Å²) in [5.74, 6) is 0. The lowest BCUT2D eigenvalue weighted by Gasteiger charge is -2.33. The predicted octanol–water partition coefficient (Wildman–Crippen LogP) is 4.00. The molecule has 0 aliphatic rings. The molecule has 2 aromatic rings. The highest BCUT2D eigenvalue weighted by Gasteiger charge is 2.43. The summed E-state index contributed by atoms with van der Waals surface area (Å²) >= 11 is 0. The minimum Gasteiger partial charge on any atom is -0.382 e. The van der Waals surface area contributed by atoms with Gasteiger partial charge in [-0.1, -0.05) is 60.7 Å². The van der Waals surface area contributed by atoms with E-state index in [-0.39, 0.29) is 0 Å². The van der Waals surface area contributed by atoms with Crippen LogP contribution >= 0.6 is 0 Å². The average Bonchev–Trinajstić information content (AvgIpc) is 2.54. The van der Waals surface area contributed by atoms with E-state index >= 15 is 0 Å². The largest absolute Gasteiger partial charge is 0.415 e. The zero-order valence-electron chi connectivity index (χ0n) is 12.9. The van der Waals surface area contributed by atoms with Gasteiger partial charge in [-0.05, 0) is 18.1 Å². The molecule has 0 saturated heterocycles. The van der Waals surface area contributed by atoms with Crippen LogP contribution in [0.3, 0.4) is 0 Å². The van der Waals surface area contributed by atoms with Crippen LogP contribution in [0.2, 0.25) is 0 Å². The smallest absolute Gasteiger partial charge is 0.382 e. The molecule has 0 radical (unpaired) electrons. The molecule has 2 unspecified atom stereocenters. The molecule has 0 heterocycles. The van der Waals surface area contributed by atoms with Crippen molar-refractivity contribution in [3.05, 3.63) is 71.8 Å². The van der Waals surface area contributed by atoms with Crippen molar-refractivity contribution >= 4 is 0 Å². The minimum absolute atomic E-state index is 0.337. The standard InChI is InChI=1S/C18H20F3NO/c1-14(17(23)18(19,20)21)22(12-15-8-4-2-5-9-15)13-16-10-6-3-7-11-16/h2-11,14,17,23H,12-13H2,1H3. The maximum atomic E-state index is 12.9. The lowest BCUT2D eigenvalue weighted by atomic mass is 10.1. The quantitative estimate of drug-likeness (QED) is 0.868. The van der Waals surface area contributed by atoms with Gasteiger partial charge in [0.1, 0.15) is 0 Å². The van der Waals surface area contributed by atoms with E-state index in [4.69, 9.17) is 0 Å². The maximum Gasteiger partial charge on any atom is 0.415 e. The molecular formula is C18H20F3NO. The van der Waals surface area contributed by atoms with Crippen LogP contribution in [-0.4, -0.2) is 28.3 Å². The van der Waals surface area contributed by atoms with Gasteiger partial charge in [-0.2, -0.15) is 13.2 Å². The summed E-state index contributed by atoms with van der Waals surface area (Å²) in [6.07, 6.45) is -7.01. The summed E-state index contributed by atoms with van der Waals surface area (Å²) in [6, 6.07) is 17.5. The van der Waals surface area contributed by atoms with Crippen molar-refractivity contribution < 1.29 is 18.3 Å². The molecule has 0 aliphatic carbocycles. The normalized spacial score (nSPS) is 14.7. The van der Waals surface area contributed by atoms with Gasteiger partial charge in [0.05, 0.1) is 0 Å². The zero-order valence-corrected chi connectivity index (χ0v) is 12.9.